The molecular weight excluding hydrogens is 427 g/mol. The van der Waals surface area contributed by atoms with Crippen LogP contribution in [0.3, 0.4) is 0 Å². The number of carbonyl (C=O) groups excluding carboxylic acids is 1. The predicted octanol–water partition coefficient (Wildman–Crippen LogP) is 3.41. The van der Waals surface area contributed by atoms with Crippen LogP contribution < -0.4 is 5.73 Å². The molecule has 0 bridgehead atoms. The second kappa shape index (κ2) is 9.95. The van der Waals surface area contributed by atoms with E-state index in [4.69, 9.17) is 10.5 Å². The number of morpholine rings is 1. The Labute approximate surface area is 193 Å². The van der Waals surface area contributed by atoms with Gasteiger partial charge in [-0.3, -0.25) is 9.69 Å². The van der Waals surface area contributed by atoms with Crippen LogP contribution in [0.4, 0.5) is 4.39 Å². The van der Waals surface area contributed by atoms with Gasteiger partial charge in [0.25, 0.3) is 5.91 Å². The topological polar surface area (TPSA) is 71.7 Å². The maximum Gasteiger partial charge on any atom is 0.273 e. The van der Waals surface area contributed by atoms with Crippen LogP contribution in [0.25, 0.3) is 0 Å². The molecule has 1 spiro atoms. The van der Waals surface area contributed by atoms with Gasteiger partial charge in [-0.2, -0.15) is 0 Å². The van der Waals surface area contributed by atoms with Crippen molar-refractivity contribution in [2.75, 3.05) is 39.3 Å². The lowest BCUT2D eigenvalue weighted by atomic mass is 9.89. The summed E-state index contributed by atoms with van der Waals surface area (Å²) in [6.07, 6.45) is 2.31. The number of thiazole rings is 1. The maximum atomic E-state index is 13.9. The van der Waals surface area contributed by atoms with Crippen LogP contribution in [0.5, 0.6) is 0 Å². The second-order valence-corrected chi connectivity index (χ2v) is 10.1. The van der Waals surface area contributed by atoms with E-state index in [0.717, 1.165) is 43.0 Å². The first-order valence-corrected chi connectivity index (χ1v) is 12.4. The highest BCUT2D eigenvalue weighted by Gasteiger charge is 2.41. The van der Waals surface area contributed by atoms with Crippen molar-refractivity contribution in [1.29, 1.82) is 0 Å². The maximum absolute atomic E-state index is 13.9. The fourth-order valence-corrected chi connectivity index (χ4v) is 5.39. The van der Waals surface area contributed by atoms with E-state index in [2.05, 4.69) is 23.7 Å². The molecule has 1 aromatic carbocycles. The Morgan fingerprint density at radius 2 is 2.09 bits per heavy atom. The fraction of sp³-hybridized carbons (Fsp3) is 0.583. The summed E-state index contributed by atoms with van der Waals surface area (Å²) in [5.41, 5.74) is 7.67. The third-order valence-corrected chi connectivity index (χ3v) is 7.61. The van der Waals surface area contributed by atoms with Crippen molar-refractivity contribution in [3.8, 4) is 0 Å². The van der Waals surface area contributed by atoms with Crippen LogP contribution in [0.1, 0.15) is 59.2 Å². The quantitative estimate of drug-likeness (QED) is 0.715. The number of piperidine rings is 1. The largest absolute Gasteiger partial charge is 0.371 e. The number of hydrogen-bond acceptors (Lipinski definition) is 6. The molecular formula is C24H33FN4O2S. The fourth-order valence-electron chi connectivity index (χ4n) is 4.58. The molecule has 0 atom stereocenters. The van der Waals surface area contributed by atoms with Crippen molar-refractivity contribution in [3.63, 3.8) is 0 Å². The van der Waals surface area contributed by atoms with Crippen molar-refractivity contribution < 1.29 is 13.9 Å². The van der Waals surface area contributed by atoms with E-state index in [1.54, 1.807) is 17.4 Å². The van der Waals surface area contributed by atoms with Gasteiger partial charge in [0.15, 0.2) is 0 Å². The Morgan fingerprint density at radius 1 is 1.31 bits per heavy atom. The third-order valence-electron chi connectivity index (χ3n) is 6.47. The molecule has 2 aliphatic heterocycles. The van der Waals surface area contributed by atoms with Crippen molar-refractivity contribution in [2.24, 2.45) is 5.73 Å². The van der Waals surface area contributed by atoms with Crippen molar-refractivity contribution >= 4 is 17.2 Å². The van der Waals surface area contributed by atoms with E-state index in [-0.39, 0.29) is 17.3 Å². The van der Waals surface area contributed by atoms with Crippen LogP contribution in [0.15, 0.2) is 23.6 Å². The number of nitrogens with zero attached hydrogens (tertiary/aromatic N) is 3. The summed E-state index contributed by atoms with van der Waals surface area (Å²) < 4.78 is 20.1. The molecule has 2 aromatic rings. The molecule has 174 valence electrons. The first-order chi connectivity index (χ1) is 15.4. The smallest absolute Gasteiger partial charge is 0.273 e. The van der Waals surface area contributed by atoms with Crippen molar-refractivity contribution in [2.45, 2.75) is 51.2 Å². The SMILES string of the molecule is CC(C)c1nc(C(=O)N2CCOC3(CCN(Cc4ccc(F)c(CCN)c4)CC3)C2)cs1. The molecule has 1 aromatic heterocycles. The highest BCUT2D eigenvalue weighted by atomic mass is 32.1. The zero-order chi connectivity index (χ0) is 22.7. The normalized spacial score (nSPS) is 19.1. The van der Waals surface area contributed by atoms with Gasteiger partial charge in [0.2, 0.25) is 0 Å². The molecule has 1 amide bonds. The summed E-state index contributed by atoms with van der Waals surface area (Å²) in [7, 11) is 0. The molecule has 32 heavy (non-hydrogen) atoms. The molecule has 3 heterocycles. The lowest BCUT2D eigenvalue weighted by Gasteiger charge is -2.47. The lowest BCUT2D eigenvalue weighted by Crippen LogP contribution is -2.58. The Kier molecular flexibility index (Phi) is 7.24. The van der Waals surface area contributed by atoms with E-state index >= 15 is 0 Å². The van der Waals surface area contributed by atoms with Gasteiger partial charge in [0.05, 0.1) is 23.8 Å². The Balaban J connectivity index is 1.35. The zero-order valence-corrected chi connectivity index (χ0v) is 19.8. The van der Waals surface area contributed by atoms with Gasteiger partial charge >= 0.3 is 0 Å². The molecule has 2 aliphatic rings. The van der Waals surface area contributed by atoms with Gasteiger partial charge in [-0.15, -0.1) is 11.3 Å². The van der Waals surface area contributed by atoms with Crippen LogP contribution in [0, 0.1) is 5.82 Å². The standard InChI is InChI=1S/C24H33FN4O2S/c1-17(2)22-27-21(15-32-22)23(30)29-11-12-31-24(16-29)6-9-28(10-7-24)14-18-3-4-20(25)19(13-18)5-8-26/h3-4,13,15,17H,5-12,14,16,26H2,1-2H3. The third kappa shape index (κ3) is 5.20. The summed E-state index contributed by atoms with van der Waals surface area (Å²) in [5.74, 6) is 0.157. The molecule has 0 unspecified atom stereocenters. The van der Waals surface area contributed by atoms with Crippen molar-refractivity contribution in [1.82, 2.24) is 14.8 Å². The number of halogens is 1. The van der Waals surface area contributed by atoms with Crippen LogP contribution in [-0.4, -0.2) is 65.6 Å². The Morgan fingerprint density at radius 3 is 2.78 bits per heavy atom. The van der Waals surface area contributed by atoms with E-state index in [1.165, 1.54) is 0 Å². The van der Waals surface area contributed by atoms with Gasteiger partial charge in [-0.05, 0) is 43.0 Å². The van der Waals surface area contributed by atoms with Crippen molar-refractivity contribution in [3.05, 3.63) is 51.2 Å². The number of rotatable bonds is 6. The number of amides is 1. The number of nitrogens with two attached hydrogens (primary N) is 1. The summed E-state index contributed by atoms with van der Waals surface area (Å²) in [4.78, 5) is 21.9. The zero-order valence-electron chi connectivity index (χ0n) is 19.0. The molecule has 8 heteroatoms. The average molecular weight is 461 g/mol. The molecule has 4 rings (SSSR count). The van der Waals surface area contributed by atoms with E-state index in [0.29, 0.717) is 49.8 Å². The molecule has 2 fully saturated rings. The number of likely N-dealkylation sites (tertiary alicyclic amines) is 1. The minimum Gasteiger partial charge on any atom is -0.371 e. The van der Waals surface area contributed by atoms with Crippen LogP contribution in [0.2, 0.25) is 0 Å². The average Bonchev–Trinajstić information content (AvgIpc) is 3.28. The van der Waals surface area contributed by atoms with Gasteiger partial charge in [0.1, 0.15) is 11.5 Å². The van der Waals surface area contributed by atoms with Crippen LogP contribution in [-0.2, 0) is 17.7 Å². The summed E-state index contributed by atoms with van der Waals surface area (Å²) in [6.45, 7) is 8.98. The monoisotopic (exact) mass is 460 g/mol. The van der Waals surface area contributed by atoms with E-state index in [1.807, 2.05) is 22.4 Å². The molecule has 2 N–H and O–H groups in total. The first-order valence-electron chi connectivity index (χ1n) is 11.5. The summed E-state index contributed by atoms with van der Waals surface area (Å²) >= 11 is 1.56. The summed E-state index contributed by atoms with van der Waals surface area (Å²) in [5, 5.41) is 2.88. The van der Waals surface area contributed by atoms with E-state index < -0.39 is 0 Å². The number of aromatic nitrogens is 1. The molecule has 0 saturated carbocycles. The Bertz CT molecular complexity index is 940. The summed E-state index contributed by atoms with van der Waals surface area (Å²) in [6, 6.07) is 5.34. The van der Waals surface area contributed by atoms with Gasteiger partial charge in [0, 0.05) is 37.5 Å². The molecule has 2 saturated heterocycles. The van der Waals surface area contributed by atoms with Gasteiger partial charge in [-0.1, -0.05) is 26.0 Å². The van der Waals surface area contributed by atoms with E-state index in [9.17, 15) is 9.18 Å². The lowest BCUT2D eigenvalue weighted by molar-refractivity contribution is -0.128. The molecule has 0 radical (unpaired) electrons. The minimum atomic E-state index is -0.283. The van der Waals surface area contributed by atoms with Gasteiger partial charge < -0.3 is 15.4 Å². The van der Waals surface area contributed by atoms with Gasteiger partial charge in [-0.25, -0.2) is 9.37 Å². The molecule has 0 aliphatic carbocycles. The number of ether oxygens (including phenoxy) is 1. The Hall–Kier alpha value is -1.87. The number of hydrogen-bond donors (Lipinski definition) is 1. The molecule has 6 nitrogen and oxygen atoms in total. The van der Waals surface area contributed by atoms with Crippen LogP contribution >= 0.6 is 11.3 Å². The number of benzene rings is 1. The highest BCUT2D eigenvalue weighted by molar-refractivity contribution is 7.09. The first kappa shape index (κ1) is 23.3. The second-order valence-electron chi connectivity index (χ2n) is 9.22. The highest BCUT2D eigenvalue weighted by Crippen LogP contribution is 2.32. The minimum absolute atomic E-state index is 0.0111. The number of carbonyl (C=O) groups is 1. The predicted molar refractivity (Wildman–Crippen MR) is 124 cm³/mol.